The van der Waals surface area contributed by atoms with Crippen LogP contribution in [0.25, 0.3) is 11.5 Å². The number of halogens is 1. The highest BCUT2D eigenvalue weighted by atomic mass is 79.9. The van der Waals surface area contributed by atoms with Crippen LogP contribution in [0, 0.1) is 0 Å². The number of rotatable bonds is 10. The molecule has 0 amide bonds. The molecular weight excluding hydrogens is 456 g/mol. The van der Waals surface area contributed by atoms with Crippen LogP contribution in [0.2, 0.25) is 0 Å². The number of aromatic nitrogens is 2. The Morgan fingerprint density at radius 2 is 1.62 bits per heavy atom. The van der Waals surface area contributed by atoms with Crippen molar-refractivity contribution in [2.75, 3.05) is 19.8 Å². The molecule has 6 nitrogen and oxygen atoms in total. The number of nitrogens with zero attached hydrogens (tertiary/aromatic N) is 2. The summed E-state index contributed by atoms with van der Waals surface area (Å²) in [5.74, 6) is 2.92. The fourth-order valence-corrected chi connectivity index (χ4v) is 3.82. The standard InChI is InChI=1S/C21H23BrN2O4S/c1-4-25-17-11-15(12-18(26-5-2)19(17)27-6-3)20-23-24-21(28-20)29-13-14-8-7-9-16(22)10-14/h7-12H,4-6,13H2,1-3H3. The normalized spacial score (nSPS) is 10.8. The van der Waals surface area contributed by atoms with Gasteiger partial charge in [0.25, 0.3) is 5.22 Å². The molecular formula is C21H23BrN2O4S. The van der Waals surface area contributed by atoms with Crippen molar-refractivity contribution >= 4 is 27.7 Å². The molecule has 0 atom stereocenters. The van der Waals surface area contributed by atoms with E-state index >= 15 is 0 Å². The van der Waals surface area contributed by atoms with E-state index in [9.17, 15) is 0 Å². The van der Waals surface area contributed by atoms with Crippen molar-refractivity contribution in [3.63, 3.8) is 0 Å². The van der Waals surface area contributed by atoms with Gasteiger partial charge in [-0.15, -0.1) is 10.2 Å². The highest BCUT2D eigenvalue weighted by Gasteiger charge is 2.19. The van der Waals surface area contributed by atoms with Gasteiger partial charge in [-0.1, -0.05) is 39.8 Å². The molecule has 154 valence electrons. The topological polar surface area (TPSA) is 66.6 Å². The van der Waals surface area contributed by atoms with Gasteiger partial charge in [-0.05, 0) is 50.6 Å². The van der Waals surface area contributed by atoms with E-state index in [0.717, 1.165) is 15.8 Å². The molecule has 0 saturated carbocycles. The van der Waals surface area contributed by atoms with Gasteiger partial charge in [-0.2, -0.15) is 0 Å². The van der Waals surface area contributed by atoms with E-state index in [2.05, 4.69) is 38.3 Å². The van der Waals surface area contributed by atoms with Gasteiger partial charge in [0.1, 0.15) is 0 Å². The second-order valence-corrected chi connectivity index (χ2v) is 7.73. The third kappa shape index (κ3) is 5.67. The quantitative estimate of drug-likeness (QED) is 0.331. The first-order valence-corrected chi connectivity index (χ1v) is 11.2. The van der Waals surface area contributed by atoms with Crippen molar-refractivity contribution in [1.82, 2.24) is 10.2 Å². The summed E-state index contributed by atoms with van der Waals surface area (Å²) in [5, 5.41) is 8.86. The van der Waals surface area contributed by atoms with Gasteiger partial charge < -0.3 is 18.6 Å². The van der Waals surface area contributed by atoms with Crippen molar-refractivity contribution in [3.05, 3.63) is 46.4 Å². The van der Waals surface area contributed by atoms with E-state index in [4.69, 9.17) is 18.6 Å². The van der Waals surface area contributed by atoms with Crippen molar-refractivity contribution < 1.29 is 18.6 Å². The zero-order valence-corrected chi connectivity index (χ0v) is 19.0. The maximum absolute atomic E-state index is 5.86. The van der Waals surface area contributed by atoms with Crippen LogP contribution in [0.15, 0.2) is 50.5 Å². The van der Waals surface area contributed by atoms with Gasteiger partial charge in [0.05, 0.1) is 19.8 Å². The Morgan fingerprint density at radius 3 is 2.24 bits per heavy atom. The Labute approximate surface area is 183 Å². The third-order valence-electron chi connectivity index (χ3n) is 3.81. The lowest BCUT2D eigenvalue weighted by Crippen LogP contribution is -2.03. The SMILES string of the molecule is CCOc1cc(-c2nnc(SCc3cccc(Br)c3)o2)cc(OCC)c1OCC. The van der Waals surface area contributed by atoms with Gasteiger partial charge >= 0.3 is 0 Å². The minimum atomic E-state index is 0.409. The van der Waals surface area contributed by atoms with Crippen molar-refractivity contribution in [2.24, 2.45) is 0 Å². The first kappa shape index (κ1) is 21.5. The average Bonchev–Trinajstić information content (AvgIpc) is 3.18. The minimum Gasteiger partial charge on any atom is -0.490 e. The molecule has 0 saturated heterocycles. The molecule has 2 aromatic carbocycles. The maximum atomic E-state index is 5.86. The predicted octanol–water partition coefficient (Wildman–Crippen LogP) is 5.99. The van der Waals surface area contributed by atoms with Crippen LogP contribution in [-0.4, -0.2) is 30.0 Å². The summed E-state index contributed by atoms with van der Waals surface area (Å²) >= 11 is 4.97. The Bertz CT molecular complexity index is 921. The Hall–Kier alpha value is -2.19. The predicted molar refractivity (Wildman–Crippen MR) is 117 cm³/mol. The number of hydrogen-bond donors (Lipinski definition) is 0. The lowest BCUT2D eigenvalue weighted by Gasteiger charge is -2.16. The summed E-state index contributed by atoms with van der Waals surface area (Å²) in [6.07, 6.45) is 0. The Balaban J connectivity index is 1.84. The second-order valence-electron chi connectivity index (χ2n) is 5.89. The van der Waals surface area contributed by atoms with E-state index in [1.54, 1.807) is 0 Å². The molecule has 0 aliphatic rings. The van der Waals surface area contributed by atoms with Crippen molar-refractivity contribution in [1.29, 1.82) is 0 Å². The molecule has 0 N–H and O–H groups in total. The van der Waals surface area contributed by atoms with Gasteiger partial charge in [0, 0.05) is 15.8 Å². The molecule has 8 heteroatoms. The van der Waals surface area contributed by atoms with Gasteiger partial charge in [-0.25, -0.2) is 0 Å². The largest absolute Gasteiger partial charge is 0.490 e. The molecule has 0 spiro atoms. The van der Waals surface area contributed by atoms with Crippen molar-refractivity contribution in [3.8, 4) is 28.7 Å². The van der Waals surface area contributed by atoms with Gasteiger partial charge in [0.2, 0.25) is 11.6 Å². The summed E-state index contributed by atoms with van der Waals surface area (Å²) in [5.41, 5.74) is 1.89. The molecule has 0 bridgehead atoms. The molecule has 0 unspecified atom stereocenters. The maximum Gasteiger partial charge on any atom is 0.277 e. The molecule has 0 aliphatic heterocycles. The first-order chi connectivity index (χ1) is 14.1. The van der Waals surface area contributed by atoms with E-state index in [0.29, 0.717) is 48.2 Å². The lowest BCUT2D eigenvalue weighted by molar-refractivity contribution is 0.261. The number of hydrogen-bond acceptors (Lipinski definition) is 7. The smallest absolute Gasteiger partial charge is 0.277 e. The van der Waals surface area contributed by atoms with E-state index < -0.39 is 0 Å². The van der Waals surface area contributed by atoms with Crippen LogP contribution in [-0.2, 0) is 5.75 Å². The van der Waals surface area contributed by atoms with Crippen molar-refractivity contribution in [2.45, 2.75) is 31.7 Å². The summed E-state index contributed by atoms with van der Waals surface area (Å²) in [7, 11) is 0. The summed E-state index contributed by atoms with van der Waals surface area (Å²) in [6, 6.07) is 11.8. The zero-order chi connectivity index (χ0) is 20.6. The summed E-state index contributed by atoms with van der Waals surface area (Å²) in [6.45, 7) is 7.29. The number of benzene rings is 2. The lowest BCUT2D eigenvalue weighted by atomic mass is 10.2. The average molecular weight is 479 g/mol. The monoisotopic (exact) mass is 478 g/mol. The van der Waals surface area contributed by atoms with Crippen LogP contribution in [0.1, 0.15) is 26.3 Å². The molecule has 3 aromatic rings. The van der Waals surface area contributed by atoms with Crippen LogP contribution < -0.4 is 14.2 Å². The summed E-state index contributed by atoms with van der Waals surface area (Å²) in [4.78, 5) is 0. The second kappa shape index (κ2) is 10.5. The highest BCUT2D eigenvalue weighted by molar-refractivity contribution is 9.10. The van der Waals surface area contributed by atoms with Crippen LogP contribution >= 0.6 is 27.7 Å². The number of ether oxygens (including phenoxy) is 3. The molecule has 1 aromatic heterocycles. The fraction of sp³-hybridized carbons (Fsp3) is 0.333. The molecule has 0 fully saturated rings. The Morgan fingerprint density at radius 1 is 0.931 bits per heavy atom. The Kier molecular flexibility index (Phi) is 7.83. The van der Waals surface area contributed by atoms with E-state index in [-0.39, 0.29) is 0 Å². The van der Waals surface area contributed by atoms with Crippen LogP contribution in [0.3, 0.4) is 0 Å². The number of thioether (sulfide) groups is 1. The zero-order valence-electron chi connectivity index (χ0n) is 16.6. The van der Waals surface area contributed by atoms with Gasteiger partial charge in [0.15, 0.2) is 11.5 Å². The molecule has 1 heterocycles. The minimum absolute atomic E-state index is 0.409. The molecule has 0 radical (unpaired) electrons. The highest BCUT2D eigenvalue weighted by Crippen LogP contribution is 2.42. The van der Waals surface area contributed by atoms with Gasteiger partial charge in [-0.3, -0.25) is 0 Å². The molecule has 29 heavy (non-hydrogen) atoms. The molecule has 0 aliphatic carbocycles. The van der Waals surface area contributed by atoms with E-state index in [1.165, 1.54) is 17.3 Å². The van der Waals surface area contributed by atoms with E-state index in [1.807, 2.05) is 45.0 Å². The van der Waals surface area contributed by atoms with Crippen LogP contribution in [0.5, 0.6) is 17.2 Å². The molecule has 3 rings (SSSR count). The third-order valence-corrected chi connectivity index (χ3v) is 5.20. The fourth-order valence-electron chi connectivity index (χ4n) is 2.67. The first-order valence-electron chi connectivity index (χ1n) is 9.42. The summed E-state index contributed by atoms with van der Waals surface area (Å²) < 4.78 is 24.2. The van der Waals surface area contributed by atoms with Crippen LogP contribution in [0.4, 0.5) is 0 Å².